The summed E-state index contributed by atoms with van der Waals surface area (Å²) in [7, 11) is 1.58. The summed E-state index contributed by atoms with van der Waals surface area (Å²) >= 11 is 12.4. The van der Waals surface area contributed by atoms with Crippen molar-refractivity contribution in [3.05, 3.63) is 92.3 Å². The number of methoxy groups -OCH3 is 1. The molecule has 0 aliphatic rings. The van der Waals surface area contributed by atoms with Crippen LogP contribution in [0.4, 0.5) is 0 Å². The number of benzene rings is 3. The summed E-state index contributed by atoms with van der Waals surface area (Å²) in [4.78, 5) is 13.2. The number of hydrogen-bond donors (Lipinski definition) is 0. The van der Waals surface area contributed by atoms with Gasteiger partial charge < -0.3 is 13.9 Å². The molecule has 0 aliphatic carbocycles. The molecule has 0 amide bonds. The Morgan fingerprint density at radius 1 is 0.967 bits per heavy atom. The fourth-order valence-electron chi connectivity index (χ4n) is 3.36. The molecule has 0 bridgehead atoms. The number of ether oxygens (including phenoxy) is 2. The summed E-state index contributed by atoms with van der Waals surface area (Å²) in [5.41, 5.74) is 2.20. The molecule has 0 unspecified atom stereocenters. The molecule has 4 rings (SSSR count). The molecule has 4 aromatic rings. The molecule has 0 saturated carbocycles. The summed E-state index contributed by atoms with van der Waals surface area (Å²) < 4.78 is 17.2. The maximum atomic E-state index is 13.2. The molecular weight excluding hydrogens is 423 g/mol. The van der Waals surface area contributed by atoms with Gasteiger partial charge in [0.05, 0.1) is 18.1 Å². The van der Waals surface area contributed by atoms with E-state index in [1.807, 2.05) is 24.3 Å². The highest BCUT2D eigenvalue weighted by Gasteiger charge is 2.17. The molecule has 0 aliphatic heterocycles. The minimum atomic E-state index is -0.126. The molecule has 152 valence electrons. The Hall–Kier alpha value is -2.95. The average molecular weight is 441 g/mol. The number of para-hydroxylation sites is 1. The first-order valence-electron chi connectivity index (χ1n) is 9.26. The molecule has 30 heavy (non-hydrogen) atoms. The number of rotatable bonds is 5. The Kier molecular flexibility index (Phi) is 5.71. The van der Waals surface area contributed by atoms with Crippen LogP contribution in [0.3, 0.4) is 0 Å². The lowest BCUT2D eigenvalue weighted by Gasteiger charge is -2.12. The van der Waals surface area contributed by atoms with E-state index in [-0.39, 0.29) is 12.0 Å². The summed E-state index contributed by atoms with van der Waals surface area (Å²) in [5.74, 6) is 1.66. The highest BCUT2D eigenvalue weighted by Crippen LogP contribution is 2.32. The van der Waals surface area contributed by atoms with E-state index in [0.717, 1.165) is 0 Å². The van der Waals surface area contributed by atoms with E-state index in [1.165, 1.54) is 0 Å². The van der Waals surface area contributed by atoms with Gasteiger partial charge in [0.1, 0.15) is 29.4 Å². The number of fused-ring (bicyclic) bond motifs is 1. The first-order chi connectivity index (χ1) is 14.5. The van der Waals surface area contributed by atoms with Crippen molar-refractivity contribution in [3.8, 4) is 22.6 Å². The molecular formula is C24H18Cl2O4. The van der Waals surface area contributed by atoms with Crippen LogP contribution < -0.4 is 14.9 Å². The van der Waals surface area contributed by atoms with Crippen LogP contribution in [0, 0.1) is 6.92 Å². The van der Waals surface area contributed by atoms with Gasteiger partial charge in [0.25, 0.3) is 0 Å². The van der Waals surface area contributed by atoms with Crippen LogP contribution in [0.2, 0.25) is 10.0 Å². The molecule has 6 heteroatoms. The van der Waals surface area contributed by atoms with Crippen LogP contribution in [0.1, 0.15) is 11.3 Å². The molecule has 4 nitrogen and oxygen atoms in total. The normalized spacial score (nSPS) is 10.9. The van der Waals surface area contributed by atoms with Crippen LogP contribution in [-0.2, 0) is 6.61 Å². The molecule has 3 aromatic carbocycles. The highest BCUT2D eigenvalue weighted by atomic mass is 35.5. The predicted octanol–water partition coefficient (Wildman–Crippen LogP) is 6.66. The van der Waals surface area contributed by atoms with Crippen molar-refractivity contribution in [2.24, 2.45) is 0 Å². The van der Waals surface area contributed by atoms with Crippen molar-refractivity contribution in [2.45, 2.75) is 13.5 Å². The van der Waals surface area contributed by atoms with E-state index < -0.39 is 0 Å². The number of aryl methyl sites for hydroxylation is 1. The van der Waals surface area contributed by atoms with Gasteiger partial charge in [-0.3, -0.25) is 4.79 Å². The third-order valence-corrected chi connectivity index (χ3v) is 5.57. The summed E-state index contributed by atoms with van der Waals surface area (Å²) in [6.07, 6.45) is 0. The monoisotopic (exact) mass is 440 g/mol. The van der Waals surface area contributed by atoms with Crippen molar-refractivity contribution in [3.63, 3.8) is 0 Å². The Bertz CT molecular complexity index is 1270. The summed E-state index contributed by atoms with van der Waals surface area (Å²) in [5, 5.41) is 1.53. The van der Waals surface area contributed by atoms with Crippen molar-refractivity contribution < 1.29 is 13.9 Å². The summed E-state index contributed by atoms with van der Waals surface area (Å²) in [6.45, 7) is 1.96. The number of halogens is 2. The van der Waals surface area contributed by atoms with Gasteiger partial charge in [0, 0.05) is 27.2 Å². The van der Waals surface area contributed by atoms with E-state index in [0.29, 0.717) is 55.0 Å². The van der Waals surface area contributed by atoms with Crippen LogP contribution in [0.25, 0.3) is 22.1 Å². The van der Waals surface area contributed by atoms with Gasteiger partial charge >= 0.3 is 0 Å². The van der Waals surface area contributed by atoms with Crippen LogP contribution in [-0.4, -0.2) is 7.11 Å². The largest absolute Gasteiger partial charge is 0.496 e. The Labute approximate surface area is 183 Å². The topological polar surface area (TPSA) is 48.7 Å². The van der Waals surface area contributed by atoms with E-state index in [1.54, 1.807) is 50.4 Å². The minimum Gasteiger partial charge on any atom is -0.496 e. The third-order valence-electron chi connectivity index (χ3n) is 4.86. The molecule has 1 aromatic heterocycles. The molecule has 0 radical (unpaired) electrons. The van der Waals surface area contributed by atoms with E-state index in [4.69, 9.17) is 37.1 Å². The van der Waals surface area contributed by atoms with Crippen LogP contribution >= 0.6 is 23.2 Å². The molecule has 0 spiro atoms. The second-order valence-corrected chi connectivity index (χ2v) is 7.52. The fourth-order valence-corrected chi connectivity index (χ4v) is 3.87. The van der Waals surface area contributed by atoms with Gasteiger partial charge in [0.2, 0.25) is 5.43 Å². The van der Waals surface area contributed by atoms with Gasteiger partial charge in [0.15, 0.2) is 0 Å². The first kappa shape index (κ1) is 20.3. The SMILES string of the molecule is COc1ccccc1-c1c(C)oc2cc(OCc3c(Cl)cccc3Cl)ccc2c1=O. The van der Waals surface area contributed by atoms with Crippen LogP contribution in [0.5, 0.6) is 11.5 Å². The minimum absolute atomic E-state index is 0.126. The smallest absolute Gasteiger partial charge is 0.200 e. The Morgan fingerprint density at radius 2 is 1.70 bits per heavy atom. The van der Waals surface area contributed by atoms with Gasteiger partial charge in [-0.05, 0) is 37.3 Å². The lowest BCUT2D eigenvalue weighted by molar-refractivity contribution is 0.306. The predicted molar refractivity (Wildman–Crippen MR) is 120 cm³/mol. The third kappa shape index (κ3) is 3.76. The molecule has 1 heterocycles. The average Bonchev–Trinajstić information content (AvgIpc) is 2.73. The van der Waals surface area contributed by atoms with Gasteiger partial charge in [-0.15, -0.1) is 0 Å². The van der Waals surface area contributed by atoms with Crippen molar-refractivity contribution >= 4 is 34.2 Å². The zero-order valence-electron chi connectivity index (χ0n) is 16.4. The maximum absolute atomic E-state index is 13.2. The standard InChI is InChI=1S/C24H18Cl2O4/c1-14-23(16-6-3-4-9-21(16)28-2)24(27)17-11-10-15(12-22(17)30-14)29-13-18-19(25)7-5-8-20(18)26/h3-12H,13H2,1-2H3. The zero-order chi connectivity index (χ0) is 21.3. The van der Waals surface area contributed by atoms with E-state index in [9.17, 15) is 4.79 Å². The molecule has 0 fully saturated rings. The molecule has 0 saturated heterocycles. The zero-order valence-corrected chi connectivity index (χ0v) is 17.9. The quantitative estimate of drug-likeness (QED) is 0.347. The molecule has 0 N–H and O–H groups in total. The second kappa shape index (κ2) is 8.42. The Balaban J connectivity index is 1.72. The lowest BCUT2D eigenvalue weighted by atomic mass is 10.0. The highest BCUT2D eigenvalue weighted by molar-refractivity contribution is 6.35. The van der Waals surface area contributed by atoms with Crippen LogP contribution in [0.15, 0.2) is 69.9 Å². The van der Waals surface area contributed by atoms with Crippen molar-refractivity contribution in [1.29, 1.82) is 0 Å². The van der Waals surface area contributed by atoms with E-state index in [2.05, 4.69) is 0 Å². The van der Waals surface area contributed by atoms with Gasteiger partial charge in [-0.1, -0.05) is 47.5 Å². The van der Waals surface area contributed by atoms with Crippen molar-refractivity contribution in [2.75, 3.05) is 7.11 Å². The van der Waals surface area contributed by atoms with E-state index >= 15 is 0 Å². The first-order valence-corrected chi connectivity index (χ1v) is 10.0. The fraction of sp³-hybridized carbons (Fsp3) is 0.125. The lowest BCUT2D eigenvalue weighted by Crippen LogP contribution is -2.08. The van der Waals surface area contributed by atoms with Gasteiger partial charge in [-0.25, -0.2) is 0 Å². The summed E-state index contributed by atoms with van der Waals surface area (Å²) in [6, 6.07) is 17.8. The molecule has 0 atom stereocenters. The second-order valence-electron chi connectivity index (χ2n) is 6.71. The maximum Gasteiger partial charge on any atom is 0.200 e. The van der Waals surface area contributed by atoms with Gasteiger partial charge in [-0.2, -0.15) is 0 Å². The number of hydrogen-bond acceptors (Lipinski definition) is 4. The van der Waals surface area contributed by atoms with Crippen molar-refractivity contribution in [1.82, 2.24) is 0 Å². The Morgan fingerprint density at radius 3 is 2.43 bits per heavy atom.